The van der Waals surface area contributed by atoms with Crippen LogP contribution in [0.25, 0.3) is 0 Å². The zero-order valence-electron chi connectivity index (χ0n) is 11.0. The lowest BCUT2D eigenvalue weighted by Crippen LogP contribution is -2.47. The molecule has 0 amide bonds. The molecule has 0 saturated carbocycles. The number of rotatable bonds is 9. The second kappa shape index (κ2) is 8.54. The minimum Gasteiger partial charge on any atom is -0.353 e. The summed E-state index contributed by atoms with van der Waals surface area (Å²) in [6, 6.07) is 10.2. The predicted molar refractivity (Wildman–Crippen MR) is 72.6 cm³/mol. The van der Waals surface area contributed by atoms with Gasteiger partial charge in [0.05, 0.1) is 0 Å². The minimum atomic E-state index is -3.07. The summed E-state index contributed by atoms with van der Waals surface area (Å²) in [7, 11) is 0.359. The highest BCUT2D eigenvalue weighted by molar-refractivity contribution is 6.53. The van der Waals surface area contributed by atoms with Gasteiger partial charge in [-0.2, -0.15) is 0 Å². The lowest BCUT2D eigenvalue weighted by molar-refractivity contribution is -0.191. The Morgan fingerprint density at radius 3 is 2.33 bits per heavy atom. The van der Waals surface area contributed by atoms with Crippen LogP contribution >= 0.6 is 0 Å². The highest BCUT2D eigenvalue weighted by Crippen LogP contribution is 2.11. The molecule has 0 aliphatic carbocycles. The number of hydrogen-bond acceptors (Lipinski definition) is 5. The van der Waals surface area contributed by atoms with Crippen molar-refractivity contribution in [3.63, 3.8) is 0 Å². The molecule has 0 fully saturated rings. The van der Waals surface area contributed by atoms with E-state index in [0.29, 0.717) is 17.1 Å². The Kier molecular flexibility index (Phi) is 7.36. The summed E-state index contributed by atoms with van der Waals surface area (Å²) in [6.45, 7) is 0.508. The third kappa shape index (κ3) is 4.98. The summed E-state index contributed by atoms with van der Waals surface area (Å²) in [5.74, 6) is 0. The van der Waals surface area contributed by atoms with Gasteiger partial charge in [-0.25, -0.2) is 4.58 Å². The first-order chi connectivity index (χ1) is 8.76. The molecular weight excluding hydrogens is 268 g/mol. The summed E-state index contributed by atoms with van der Waals surface area (Å²) in [4.78, 5) is 0. The highest BCUT2D eigenvalue weighted by Gasteiger charge is 2.45. The highest BCUT2D eigenvalue weighted by atomic mass is 28.4. The molecule has 0 aliphatic heterocycles. The van der Waals surface area contributed by atoms with Crippen molar-refractivity contribution >= 4 is 19.5 Å². The molecule has 1 aromatic rings. The Morgan fingerprint density at radius 1 is 1.11 bits per heavy atom. The first kappa shape index (κ1) is 15.5. The largest absolute Gasteiger partial charge is 0.706 e. The smallest absolute Gasteiger partial charge is 0.353 e. The summed E-state index contributed by atoms with van der Waals surface area (Å²) in [5, 5.41) is 0. The molecule has 7 heteroatoms. The van der Waals surface area contributed by atoms with Crippen LogP contribution in [0.3, 0.4) is 0 Å². The van der Waals surface area contributed by atoms with E-state index in [9.17, 15) is 0 Å². The second-order valence-corrected chi connectivity index (χ2v) is 6.20. The third-order valence-electron chi connectivity index (χ3n) is 2.42. The molecule has 0 spiro atoms. The van der Waals surface area contributed by atoms with Crippen LogP contribution in [0.1, 0.15) is 12.0 Å². The van der Waals surface area contributed by atoms with Crippen LogP contribution in [0.5, 0.6) is 0 Å². The van der Waals surface area contributed by atoms with E-state index in [2.05, 4.69) is 12.1 Å². The zero-order chi connectivity index (χ0) is 13.3. The minimum absolute atomic E-state index is 0.441. The summed E-state index contributed by atoms with van der Waals surface area (Å²) >= 11 is 0. The van der Waals surface area contributed by atoms with Gasteiger partial charge in [-0.1, -0.05) is 30.3 Å². The van der Waals surface area contributed by atoms with Crippen LogP contribution in [0, 0.1) is 0 Å². The summed E-state index contributed by atoms with van der Waals surface area (Å²) in [5.41, 5.74) is 1.28. The van der Waals surface area contributed by atoms with E-state index in [1.165, 1.54) is 19.8 Å². The molecule has 0 atom stereocenters. The molecule has 102 valence electrons. The van der Waals surface area contributed by atoms with E-state index in [1.54, 1.807) is 0 Å². The SMILES string of the molecule is CO[Si](OC)(OCCCc1ccccc1)OO[SiH3]. The average molecular weight is 288 g/mol. The third-order valence-corrected chi connectivity index (χ3v) is 4.85. The quantitative estimate of drug-likeness (QED) is 0.288. The molecule has 1 aromatic carbocycles. The zero-order valence-corrected chi connectivity index (χ0v) is 14.0. The fraction of sp³-hybridized carbons (Fsp3) is 0.455. The van der Waals surface area contributed by atoms with Crippen molar-refractivity contribution in [2.75, 3.05) is 20.8 Å². The second-order valence-electron chi connectivity index (χ2n) is 3.60. The Hall–Kier alpha value is -0.546. The maximum absolute atomic E-state index is 5.56. The van der Waals surface area contributed by atoms with Gasteiger partial charge in [0.15, 0.2) is 10.5 Å². The summed E-state index contributed by atoms with van der Waals surface area (Å²) < 4.78 is 25.6. The first-order valence-electron chi connectivity index (χ1n) is 5.76. The maximum atomic E-state index is 5.56. The molecule has 0 bridgehead atoms. The fourth-order valence-corrected chi connectivity index (χ4v) is 3.31. The molecule has 18 heavy (non-hydrogen) atoms. The molecule has 0 N–H and O–H groups in total. The van der Waals surface area contributed by atoms with Crippen molar-refractivity contribution < 1.29 is 22.4 Å². The Bertz CT molecular complexity index is 318. The van der Waals surface area contributed by atoms with Gasteiger partial charge in [-0.15, -0.1) is 0 Å². The van der Waals surface area contributed by atoms with Crippen molar-refractivity contribution in [2.24, 2.45) is 0 Å². The first-order valence-corrected chi connectivity index (χ1v) is 8.21. The predicted octanol–water partition coefficient (Wildman–Crippen LogP) is 0.593. The van der Waals surface area contributed by atoms with Crippen molar-refractivity contribution in [3.8, 4) is 0 Å². The van der Waals surface area contributed by atoms with Gasteiger partial charge in [0.1, 0.15) is 0 Å². The molecule has 1 rings (SSSR count). The number of benzene rings is 1. The van der Waals surface area contributed by atoms with E-state index in [-0.39, 0.29) is 0 Å². The van der Waals surface area contributed by atoms with Gasteiger partial charge >= 0.3 is 9.05 Å². The molecule has 0 aromatic heterocycles. The van der Waals surface area contributed by atoms with E-state index in [4.69, 9.17) is 22.4 Å². The fourth-order valence-electron chi connectivity index (χ4n) is 1.51. The van der Waals surface area contributed by atoms with Crippen LogP contribution in [-0.4, -0.2) is 40.4 Å². The average Bonchev–Trinajstić information content (AvgIpc) is 2.43. The molecule has 5 nitrogen and oxygen atoms in total. The van der Waals surface area contributed by atoms with Crippen molar-refractivity contribution in [1.82, 2.24) is 0 Å². The Balaban J connectivity index is 2.31. The molecule has 0 unspecified atom stereocenters. The molecule has 0 aliphatic rings. The number of aryl methyl sites for hydroxylation is 1. The Morgan fingerprint density at radius 2 is 1.78 bits per heavy atom. The van der Waals surface area contributed by atoms with E-state index < -0.39 is 9.05 Å². The monoisotopic (exact) mass is 288 g/mol. The standard InChI is InChI=1S/C11H20O5Si2/c1-12-18(13-2,16-15-17)14-10-6-9-11-7-4-3-5-8-11/h3-5,7-8H,6,9-10H2,1-2,17H3. The van der Waals surface area contributed by atoms with Crippen LogP contribution in [0.2, 0.25) is 0 Å². The molecular formula is C11H20O5Si2. The van der Waals surface area contributed by atoms with Gasteiger partial charge in [-0.3, -0.25) is 0 Å². The van der Waals surface area contributed by atoms with Gasteiger partial charge in [-0.05, 0) is 18.4 Å². The normalized spacial score (nSPS) is 11.9. The van der Waals surface area contributed by atoms with E-state index in [0.717, 1.165) is 12.8 Å². The van der Waals surface area contributed by atoms with Crippen molar-refractivity contribution in [2.45, 2.75) is 12.8 Å². The Labute approximate surface area is 112 Å². The lowest BCUT2D eigenvalue weighted by Gasteiger charge is -2.23. The molecule has 0 radical (unpaired) electrons. The number of hydrogen-bond donors (Lipinski definition) is 0. The molecule has 0 saturated heterocycles. The van der Waals surface area contributed by atoms with Crippen molar-refractivity contribution in [1.29, 1.82) is 0 Å². The van der Waals surface area contributed by atoms with Crippen LogP contribution in [0.15, 0.2) is 30.3 Å². The van der Waals surface area contributed by atoms with Crippen LogP contribution < -0.4 is 0 Å². The van der Waals surface area contributed by atoms with Gasteiger partial charge < -0.3 is 17.9 Å². The van der Waals surface area contributed by atoms with Crippen LogP contribution in [-0.2, 0) is 28.9 Å². The van der Waals surface area contributed by atoms with E-state index >= 15 is 0 Å². The van der Waals surface area contributed by atoms with Gasteiger partial charge in [0.2, 0.25) is 0 Å². The maximum Gasteiger partial charge on any atom is 0.706 e. The van der Waals surface area contributed by atoms with Gasteiger partial charge in [0, 0.05) is 20.8 Å². The topological polar surface area (TPSA) is 46.2 Å². The van der Waals surface area contributed by atoms with E-state index in [1.807, 2.05) is 18.2 Å². The lowest BCUT2D eigenvalue weighted by atomic mass is 10.1. The summed E-state index contributed by atoms with van der Waals surface area (Å²) in [6.07, 6.45) is 1.82. The van der Waals surface area contributed by atoms with Crippen molar-refractivity contribution in [3.05, 3.63) is 35.9 Å². The molecule has 0 heterocycles. The van der Waals surface area contributed by atoms with Crippen LogP contribution in [0.4, 0.5) is 0 Å². The van der Waals surface area contributed by atoms with Gasteiger partial charge in [0.25, 0.3) is 0 Å².